The first-order valence-corrected chi connectivity index (χ1v) is 9.41. The molecular formula is C19H30NO3+. The fourth-order valence-corrected chi connectivity index (χ4v) is 7.42. The third-order valence-corrected chi connectivity index (χ3v) is 7.93. The fourth-order valence-electron chi connectivity index (χ4n) is 7.42. The third-order valence-electron chi connectivity index (χ3n) is 7.93. The predicted molar refractivity (Wildman–Crippen MR) is 86.6 cm³/mol. The molecule has 0 aromatic heterocycles. The molecule has 2 aliphatic carbocycles. The Bertz CT molecular complexity index is 561. The standard InChI is InChI=1S/C19H30NO3/c1-13-10-15-12-16(22)19-7-5-9-20(19,3)8-4-6-18(15,19)17(11-13)23-14(2)21/h13,15,17H,4-12H2,1-3H3/q+1/t13-,15+,17+,18-,19+,20?/m1/s1. The number of ether oxygens (including phenoxy) is 1. The van der Waals surface area contributed by atoms with Crippen LogP contribution in [0.25, 0.3) is 0 Å². The van der Waals surface area contributed by atoms with Crippen molar-refractivity contribution >= 4 is 11.8 Å². The summed E-state index contributed by atoms with van der Waals surface area (Å²) in [5.41, 5.74) is -0.359. The summed E-state index contributed by atoms with van der Waals surface area (Å²) in [4.78, 5) is 25.2. The molecule has 4 heteroatoms. The van der Waals surface area contributed by atoms with Crippen molar-refractivity contribution in [1.82, 2.24) is 0 Å². The van der Waals surface area contributed by atoms with Gasteiger partial charge >= 0.3 is 5.97 Å². The van der Waals surface area contributed by atoms with E-state index in [0.717, 1.165) is 62.5 Å². The van der Waals surface area contributed by atoms with E-state index in [1.165, 1.54) is 6.92 Å². The second kappa shape index (κ2) is 4.81. The Kier molecular flexibility index (Phi) is 3.27. The van der Waals surface area contributed by atoms with Crippen LogP contribution in [-0.2, 0) is 14.3 Å². The van der Waals surface area contributed by atoms with Gasteiger partial charge in [0.15, 0.2) is 11.3 Å². The number of nitrogens with zero attached hydrogens (tertiary/aromatic N) is 1. The van der Waals surface area contributed by atoms with Gasteiger partial charge in [-0.2, -0.15) is 0 Å². The highest BCUT2D eigenvalue weighted by Gasteiger charge is 2.79. The largest absolute Gasteiger partial charge is 0.462 e. The zero-order valence-corrected chi connectivity index (χ0v) is 14.8. The van der Waals surface area contributed by atoms with Gasteiger partial charge in [-0.15, -0.1) is 0 Å². The van der Waals surface area contributed by atoms with Crippen LogP contribution in [0.2, 0.25) is 0 Å². The molecule has 4 aliphatic rings. The van der Waals surface area contributed by atoms with Crippen LogP contribution in [0, 0.1) is 17.3 Å². The van der Waals surface area contributed by atoms with Crippen LogP contribution in [0.5, 0.6) is 0 Å². The summed E-state index contributed by atoms with van der Waals surface area (Å²) >= 11 is 0. The molecule has 2 heterocycles. The van der Waals surface area contributed by atoms with E-state index in [9.17, 15) is 9.59 Å². The van der Waals surface area contributed by atoms with E-state index in [1.54, 1.807) is 0 Å². The van der Waals surface area contributed by atoms with Gasteiger partial charge in [0, 0.05) is 26.2 Å². The lowest BCUT2D eigenvalue weighted by molar-refractivity contribution is -0.950. The van der Waals surface area contributed by atoms with E-state index in [-0.39, 0.29) is 23.0 Å². The topological polar surface area (TPSA) is 43.4 Å². The highest BCUT2D eigenvalue weighted by Crippen LogP contribution is 2.68. The summed E-state index contributed by atoms with van der Waals surface area (Å²) in [6.45, 7) is 6.01. The molecule has 0 aromatic carbocycles. The number of hydrogen-bond acceptors (Lipinski definition) is 3. The first kappa shape index (κ1) is 15.6. The summed E-state index contributed by atoms with van der Waals surface area (Å²) < 4.78 is 6.84. The summed E-state index contributed by atoms with van der Waals surface area (Å²) in [6.07, 6.45) is 7.10. The van der Waals surface area contributed by atoms with Crippen molar-refractivity contribution in [3.05, 3.63) is 0 Å². The molecule has 2 spiro atoms. The molecule has 0 radical (unpaired) electrons. The van der Waals surface area contributed by atoms with Gasteiger partial charge in [-0.05, 0) is 37.5 Å². The summed E-state index contributed by atoms with van der Waals surface area (Å²) in [6, 6.07) is 0. The quantitative estimate of drug-likeness (QED) is 0.551. The Morgan fingerprint density at radius 1 is 1.22 bits per heavy atom. The Labute approximate surface area is 139 Å². The number of ketones is 1. The molecule has 6 atom stereocenters. The van der Waals surface area contributed by atoms with E-state index < -0.39 is 0 Å². The molecule has 23 heavy (non-hydrogen) atoms. The van der Waals surface area contributed by atoms with Crippen molar-refractivity contribution in [2.24, 2.45) is 17.3 Å². The molecule has 0 amide bonds. The van der Waals surface area contributed by atoms with Gasteiger partial charge in [-0.1, -0.05) is 6.92 Å². The van der Waals surface area contributed by atoms with Crippen molar-refractivity contribution in [2.75, 3.05) is 20.1 Å². The number of quaternary nitrogens is 1. The average Bonchev–Trinajstić information content (AvgIpc) is 2.93. The smallest absolute Gasteiger partial charge is 0.302 e. The zero-order chi connectivity index (χ0) is 16.5. The van der Waals surface area contributed by atoms with Gasteiger partial charge in [-0.3, -0.25) is 9.59 Å². The highest BCUT2D eigenvalue weighted by atomic mass is 16.5. The minimum Gasteiger partial charge on any atom is -0.462 e. The van der Waals surface area contributed by atoms with Crippen LogP contribution in [0.1, 0.15) is 58.8 Å². The molecule has 4 rings (SSSR count). The van der Waals surface area contributed by atoms with Gasteiger partial charge in [0.1, 0.15) is 6.10 Å². The summed E-state index contributed by atoms with van der Waals surface area (Å²) in [5, 5.41) is 0. The van der Waals surface area contributed by atoms with E-state index in [4.69, 9.17) is 4.74 Å². The number of hydrogen-bond donors (Lipinski definition) is 0. The second-order valence-electron chi connectivity index (χ2n) is 8.95. The van der Waals surface area contributed by atoms with Crippen molar-refractivity contribution in [2.45, 2.75) is 70.4 Å². The van der Waals surface area contributed by atoms with Crippen molar-refractivity contribution in [3.63, 3.8) is 0 Å². The molecule has 0 N–H and O–H groups in total. The van der Waals surface area contributed by atoms with Gasteiger partial charge in [0.25, 0.3) is 0 Å². The van der Waals surface area contributed by atoms with Crippen molar-refractivity contribution in [3.8, 4) is 0 Å². The van der Waals surface area contributed by atoms with Crippen molar-refractivity contribution in [1.29, 1.82) is 0 Å². The molecule has 2 saturated heterocycles. The van der Waals surface area contributed by atoms with Crippen LogP contribution >= 0.6 is 0 Å². The van der Waals surface area contributed by atoms with Crippen LogP contribution < -0.4 is 0 Å². The van der Waals surface area contributed by atoms with Crippen LogP contribution in [0.4, 0.5) is 0 Å². The molecule has 0 bridgehead atoms. The van der Waals surface area contributed by atoms with Crippen LogP contribution in [0.3, 0.4) is 0 Å². The number of carbonyl (C=O) groups is 2. The number of esters is 1. The Morgan fingerprint density at radius 2 is 1.91 bits per heavy atom. The Hall–Kier alpha value is -0.900. The minimum absolute atomic E-state index is 0.0592. The van der Waals surface area contributed by atoms with Gasteiger partial charge in [0.05, 0.1) is 25.6 Å². The molecular weight excluding hydrogens is 290 g/mol. The normalized spacial score (nSPS) is 51.8. The fraction of sp³-hybridized carbons (Fsp3) is 0.895. The van der Waals surface area contributed by atoms with Gasteiger partial charge in [-0.25, -0.2) is 0 Å². The van der Waals surface area contributed by atoms with Crippen LogP contribution in [0.15, 0.2) is 0 Å². The lowest BCUT2D eigenvalue weighted by atomic mass is 9.52. The Balaban J connectivity index is 1.88. The maximum absolute atomic E-state index is 13.4. The average molecular weight is 320 g/mol. The molecule has 0 aromatic rings. The number of piperidine rings is 1. The molecule has 2 saturated carbocycles. The van der Waals surface area contributed by atoms with E-state index in [0.29, 0.717) is 17.6 Å². The lowest BCUT2D eigenvalue weighted by Gasteiger charge is -2.61. The van der Waals surface area contributed by atoms with Crippen LogP contribution in [-0.4, -0.2) is 48.0 Å². The molecule has 1 unspecified atom stereocenters. The second-order valence-corrected chi connectivity index (χ2v) is 8.95. The molecule has 128 valence electrons. The van der Waals surface area contributed by atoms with E-state index in [2.05, 4.69) is 14.0 Å². The zero-order valence-electron chi connectivity index (χ0n) is 14.8. The summed E-state index contributed by atoms with van der Waals surface area (Å²) in [5.74, 6) is 1.26. The highest BCUT2D eigenvalue weighted by molar-refractivity contribution is 5.92. The molecule has 2 aliphatic heterocycles. The predicted octanol–water partition coefficient (Wildman–Crippen LogP) is 2.70. The first-order chi connectivity index (χ1) is 10.9. The van der Waals surface area contributed by atoms with E-state index in [1.807, 2.05) is 0 Å². The van der Waals surface area contributed by atoms with Gasteiger partial charge < -0.3 is 9.22 Å². The maximum atomic E-state index is 13.4. The van der Waals surface area contributed by atoms with E-state index >= 15 is 0 Å². The number of Topliss-reactive ketones (excluding diaryl/α,β-unsaturated/α-hetero) is 1. The lowest BCUT2D eigenvalue weighted by Crippen LogP contribution is -2.74. The first-order valence-electron chi connectivity index (χ1n) is 9.41. The monoisotopic (exact) mass is 320 g/mol. The number of carbonyl (C=O) groups excluding carboxylic acids is 2. The molecule has 4 fully saturated rings. The summed E-state index contributed by atoms with van der Waals surface area (Å²) in [7, 11) is 2.30. The minimum atomic E-state index is -0.268. The third kappa shape index (κ3) is 1.71. The van der Waals surface area contributed by atoms with Gasteiger partial charge in [0.2, 0.25) is 0 Å². The number of likely N-dealkylation sites (N-methyl/N-ethyl adjacent to an activating group) is 1. The maximum Gasteiger partial charge on any atom is 0.302 e. The SMILES string of the molecule is CC(=O)O[C@H]1C[C@H](C)C[C@H]2CC(=O)[C@]34CCC[N+]3(C)CCC[C@@]214. The molecule has 4 nitrogen and oxygen atoms in total. The Morgan fingerprint density at radius 3 is 2.61 bits per heavy atom. The van der Waals surface area contributed by atoms with Crippen molar-refractivity contribution < 1.29 is 18.8 Å². The number of rotatable bonds is 1.